The van der Waals surface area contributed by atoms with E-state index >= 15 is 0 Å². The predicted molar refractivity (Wildman–Crippen MR) is 83.6 cm³/mol. The Labute approximate surface area is 147 Å². The number of carbonyl (C=O) groups excluding carboxylic acids is 1. The molecule has 0 unspecified atom stereocenters. The van der Waals surface area contributed by atoms with Gasteiger partial charge < -0.3 is 5.32 Å². The van der Waals surface area contributed by atoms with Crippen molar-refractivity contribution in [2.24, 2.45) is 7.05 Å². The number of nitrogens with one attached hydrogen (secondary N) is 1. The molecular formula is C15H9F5N4OS. The normalized spacial score (nSPS) is 11.6. The van der Waals surface area contributed by atoms with E-state index in [4.69, 9.17) is 0 Å². The van der Waals surface area contributed by atoms with E-state index in [0.717, 1.165) is 40.3 Å². The van der Waals surface area contributed by atoms with Gasteiger partial charge in [0, 0.05) is 7.05 Å². The monoisotopic (exact) mass is 388 g/mol. The zero-order valence-electron chi connectivity index (χ0n) is 12.9. The van der Waals surface area contributed by atoms with Crippen LogP contribution in [0, 0.1) is 11.6 Å². The summed E-state index contributed by atoms with van der Waals surface area (Å²) in [4.78, 5) is 15.9. The van der Waals surface area contributed by atoms with E-state index in [-0.39, 0.29) is 15.7 Å². The van der Waals surface area contributed by atoms with Crippen molar-refractivity contribution in [3.05, 3.63) is 53.4 Å². The molecule has 0 radical (unpaired) electrons. The number of hydrogen-bond acceptors (Lipinski definition) is 4. The Bertz CT molecular complexity index is 959. The predicted octanol–water partition coefficient (Wildman–Crippen LogP) is 4.09. The van der Waals surface area contributed by atoms with E-state index < -0.39 is 35.0 Å². The van der Waals surface area contributed by atoms with E-state index in [0.29, 0.717) is 0 Å². The van der Waals surface area contributed by atoms with Gasteiger partial charge in [-0.25, -0.2) is 13.8 Å². The summed E-state index contributed by atoms with van der Waals surface area (Å²) in [5, 5.41) is 5.91. The third-order valence-corrected chi connectivity index (χ3v) is 4.26. The maximum atomic E-state index is 13.6. The van der Waals surface area contributed by atoms with Gasteiger partial charge in [-0.15, -0.1) is 0 Å². The van der Waals surface area contributed by atoms with Crippen LogP contribution in [0.2, 0.25) is 0 Å². The first-order chi connectivity index (χ1) is 12.2. The van der Waals surface area contributed by atoms with Crippen molar-refractivity contribution in [1.82, 2.24) is 14.8 Å². The van der Waals surface area contributed by atoms with E-state index in [1.54, 1.807) is 0 Å². The Balaban J connectivity index is 1.85. The number of aryl methyl sites for hydroxylation is 1. The molecule has 0 fully saturated rings. The Morgan fingerprint density at radius 3 is 2.46 bits per heavy atom. The summed E-state index contributed by atoms with van der Waals surface area (Å²) in [7, 11) is 1.32. The summed E-state index contributed by atoms with van der Waals surface area (Å²) in [6, 6.07) is 3.81. The van der Waals surface area contributed by atoms with Gasteiger partial charge in [-0.1, -0.05) is 17.4 Å². The average molecular weight is 388 g/mol. The molecule has 0 aliphatic carbocycles. The van der Waals surface area contributed by atoms with Crippen molar-refractivity contribution >= 4 is 22.2 Å². The molecule has 136 valence electrons. The number of nitrogens with zero attached hydrogens (tertiary/aromatic N) is 3. The zero-order chi connectivity index (χ0) is 19.1. The van der Waals surface area contributed by atoms with Crippen LogP contribution in [-0.2, 0) is 13.2 Å². The highest BCUT2D eigenvalue weighted by Gasteiger charge is 2.35. The number of benzene rings is 1. The standard InChI is InChI=1S/C15H9F5N4OS/c1-24-9(5-10(23-24)15(18,19)20)14-21-6-11(26-14)22-13(25)12-7(16)3-2-4-8(12)17/h2-6H,1H3,(H,22,25). The van der Waals surface area contributed by atoms with Gasteiger partial charge in [0.25, 0.3) is 5.91 Å². The van der Waals surface area contributed by atoms with E-state index in [1.165, 1.54) is 13.2 Å². The average Bonchev–Trinajstić information content (AvgIpc) is 3.13. The molecule has 0 saturated carbocycles. The van der Waals surface area contributed by atoms with Gasteiger partial charge >= 0.3 is 6.18 Å². The fraction of sp³-hybridized carbons (Fsp3) is 0.133. The highest BCUT2D eigenvalue weighted by Crippen LogP contribution is 2.34. The number of anilines is 1. The second kappa shape index (κ2) is 6.48. The van der Waals surface area contributed by atoms with Crippen LogP contribution in [-0.4, -0.2) is 20.7 Å². The summed E-state index contributed by atoms with van der Waals surface area (Å²) >= 11 is 0.843. The number of amides is 1. The number of rotatable bonds is 3. The lowest BCUT2D eigenvalue weighted by Crippen LogP contribution is -2.15. The van der Waals surface area contributed by atoms with Gasteiger partial charge in [0.2, 0.25) is 0 Å². The van der Waals surface area contributed by atoms with Gasteiger partial charge in [0.05, 0.1) is 11.9 Å². The van der Waals surface area contributed by atoms with Crippen LogP contribution in [0.5, 0.6) is 0 Å². The SMILES string of the molecule is Cn1nc(C(F)(F)F)cc1-c1ncc(NC(=O)c2c(F)cccc2F)s1. The molecule has 0 atom stereocenters. The summed E-state index contributed by atoms with van der Waals surface area (Å²) < 4.78 is 66.4. The highest BCUT2D eigenvalue weighted by atomic mass is 32.1. The van der Waals surface area contributed by atoms with Gasteiger partial charge in [0.15, 0.2) is 5.69 Å². The minimum atomic E-state index is -4.60. The lowest BCUT2D eigenvalue weighted by Gasteiger charge is -2.04. The number of halogens is 5. The second-order valence-electron chi connectivity index (χ2n) is 5.12. The first-order valence-corrected chi connectivity index (χ1v) is 7.81. The van der Waals surface area contributed by atoms with Crippen molar-refractivity contribution in [2.75, 3.05) is 5.32 Å². The minimum absolute atomic E-state index is 0.0832. The molecule has 0 bridgehead atoms. The number of carbonyl (C=O) groups is 1. The molecule has 0 aliphatic heterocycles. The molecule has 2 heterocycles. The fourth-order valence-corrected chi connectivity index (χ4v) is 3.00. The number of aromatic nitrogens is 3. The molecule has 0 aliphatic rings. The summed E-state index contributed by atoms with van der Waals surface area (Å²) in [5.74, 6) is -3.10. The molecule has 1 N–H and O–H groups in total. The Morgan fingerprint density at radius 1 is 1.23 bits per heavy atom. The van der Waals surface area contributed by atoms with Crippen molar-refractivity contribution in [3.63, 3.8) is 0 Å². The van der Waals surface area contributed by atoms with Crippen LogP contribution in [0.4, 0.5) is 27.0 Å². The topological polar surface area (TPSA) is 59.8 Å². The maximum Gasteiger partial charge on any atom is 0.435 e. The number of thiazole rings is 1. The molecule has 11 heteroatoms. The van der Waals surface area contributed by atoms with E-state index in [9.17, 15) is 26.7 Å². The maximum absolute atomic E-state index is 13.6. The molecule has 1 amide bonds. The second-order valence-corrected chi connectivity index (χ2v) is 6.15. The number of hydrogen-bond donors (Lipinski definition) is 1. The third kappa shape index (κ3) is 3.43. The molecule has 0 spiro atoms. The van der Waals surface area contributed by atoms with Gasteiger partial charge in [0.1, 0.15) is 27.2 Å². The highest BCUT2D eigenvalue weighted by molar-refractivity contribution is 7.19. The van der Waals surface area contributed by atoms with E-state index in [2.05, 4.69) is 15.4 Å². The quantitative estimate of drug-likeness (QED) is 0.688. The molecular weight excluding hydrogens is 379 g/mol. The molecule has 5 nitrogen and oxygen atoms in total. The van der Waals surface area contributed by atoms with Crippen molar-refractivity contribution < 1.29 is 26.7 Å². The van der Waals surface area contributed by atoms with Crippen LogP contribution in [0.25, 0.3) is 10.7 Å². The Kier molecular flexibility index (Phi) is 4.48. The molecule has 2 aromatic heterocycles. The number of alkyl halides is 3. The molecule has 3 rings (SSSR count). The summed E-state index contributed by atoms with van der Waals surface area (Å²) in [5.41, 5.74) is -1.76. The van der Waals surface area contributed by atoms with Gasteiger partial charge in [-0.2, -0.15) is 18.3 Å². The van der Waals surface area contributed by atoms with Crippen LogP contribution in [0.3, 0.4) is 0 Å². The van der Waals surface area contributed by atoms with Gasteiger partial charge in [-0.05, 0) is 18.2 Å². The van der Waals surface area contributed by atoms with Crippen LogP contribution < -0.4 is 5.32 Å². The van der Waals surface area contributed by atoms with Crippen molar-refractivity contribution in [1.29, 1.82) is 0 Å². The first kappa shape index (κ1) is 18.0. The van der Waals surface area contributed by atoms with Crippen LogP contribution in [0.15, 0.2) is 30.5 Å². The molecule has 26 heavy (non-hydrogen) atoms. The Morgan fingerprint density at radius 2 is 1.88 bits per heavy atom. The molecule has 3 aromatic rings. The molecule has 1 aromatic carbocycles. The lowest BCUT2D eigenvalue weighted by molar-refractivity contribution is -0.141. The lowest BCUT2D eigenvalue weighted by atomic mass is 10.2. The fourth-order valence-electron chi connectivity index (χ4n) is 2.15. The van der Waals surface area contributed by atoms with E-state index in [1.807, 2.05) is 0 Å². The summed E-state index contributed by atoms with van der Waals surface area (Å²) in [6.07, 6.45) is -3.43. The van der Waals surface area contributed by atoms with Crippen molar-refractivity contribution in [2.45, 2.75) is 6.18 Å². The minimum Gasteiger partial charge on any atom is -0.312 e. The largest absolute Gasteiger partial charge is 0.435 e. The van der Waals surface area contributed by atoms with Crippen LogP contribution in [0.1, 0.15) is 16.1 Å². The first-order valence-electron chi connectivity index (χ1n) is 6.99. The van der Waals surface area contributed by atoms with Crippen molar-refractivity contribution in [3.8, 4) is 10.7 Å². The smallest absolute Gasteiger partial charge is 0.312 e. The van der Waals surface area contributed by atoms with Gasteiger partial charge in [-0.3, -0.25) is 9.48 Å². The summed E-state index contributed by atoms with van der Waals surface area (Å²) in [6.45, 7) is 0. The zero-order valence-corrected chi connectivity index (χ0v) is 13.8. The third-order valence-electron chi connectivity index (χ3n) is 3.32. The Hall–Kier alpha value is -2.82. The molecule has 0 saturated heterocycles. The van der Waals surface area contributed by atoms with Crippen LogP contribution >= 0.6 is 11.3 Å².